The summed E-state index contributed by atoms with van der Waals surface area (Å²) >= 11 is 3.48. The number of hydrogen-bond donors (Lipinski definition) is 0. The Hall–Kier alpha value is -0.800. The quantitative estimate of drug-likeness (QED) is 0.785. The first-order valence-electron chi connectivity index (χ1n) is 5.15. The summed E-state index contributed by atoms with van der Waals surface area (Å²) in [6, 6.07) is 8.29. The fraction of sp³-hybridized carbons (Fsp3) is 0.250. The van der Waals surface area contributed by atoms with Crippen molar-refractivity contribution in [2.75, 3.05) is 0 Å². The molecule has 3 rings (SSSR count). The highest BCUT2D eigenvalue weighted by molar-refractivity contribution is 9.10. The van der Waals surface area contributed by atoms with Gasteiger partial charge in [-0.1, -0.05) is 28.1 Å². The molecule has 0 fully saturated rings. The second kappa shape index (κ2) is 4.60. The molecule has 0 unspecified atom stereocenters. The van der Waals surface area contributed by atoms with Crippen molar-refractivity contribution >= 4 is 28.3 Å². The van der Waals surface area contributed by atoms with Crippen molar-refractivity contribution in [3.05, 3.63) is 40.8 Å². The lowest BCUT2D eigenvalue weighted by molar-refractivity contribution is 0.750. The van der Waals surface area contributed by atoms with Gasteiger partial charge in [-0.3, -0.25) is 0 Å². The second-order valence-electron chi connectivity index (χ2n) is 3.85. The first kappa shape index (κ1) is 11.7. The lowest BCUT2D eigenvalue weighted by Gasteiger charge is -1.97. The van der Waals surface area contributed by atoms with Crippen LogP contribution in [-0.2, 0) is 13.0 Å². The van der Waals surface area contributed by atoms with Gasteiger partial charge in [-0.15, -0.1) is 12.4 Å². The van der Waals surface area contributed by atoms with Crippen LogP contribution in [0.4, 0.5) is 0 Å². The van der Waals surface area contributed by atoms with Gasteiger partial charge in [-0.2, -0.15) is 0 Å². The van der Waals surface area contributed by atoms with E-state index >= 15 is 0 Å². The van der Waals surface area contributed by atoms with E-state index in [1.54, 1.807) is 0 Å². The number of rotatable bonds is 1. The van der Waals surface area contributed by atoms with Crippen LogP contribution in [0.15, 0.2) is 34.9 Å². The van der Waals surface area contributed by atoms with Crippen LogP contribution in [0.25, 0.3) is 11.3 Å². The minimum absolute atomic E-state index is 0. The smallest absolute Gasteiger partial charge is 0.109 e. The molecule has 1 aliphatic heterocycles. The molecule has 0 aliphatic carbocycles. The molecule has 1 aromatic carbocycles. The Balaban J connectivity index is 0.000000963. The van der Waals surface area contributed by atoms with E-state index in [0.717, 1.165) is 23.1 Å². The van der Waals surface area contributed by atoms with E-state index in [1.807, 2.05) is 12.1 Å². The Kier molecular flexibility index (Phi) is 3.36. The summed E-state index contributed by atoms with van der Waals surface area (Å²) in [5.74, 6) is 1.23. The van der Waals surface area contributed by atoms with Crippen molar-refractivity contribution in [2.45, 2.75) is 19.4 Å². The molecular weight excluding hydrogens is 288 g/mol. The van der Waals surface area contributed by atoms with Crippen molar-refractivity contribution in [2.24, 2.45) is 0 Å². The largest absolute Gasteiger partial charge is 0.334 e. The number of aromatic nitrogens is 2. The molecule has 0 N–H and O–H groups in total. The molecule has 1 aromatic heterocycles. The molecule has 0 radical (unpaired) electrons. The van der Waals surface area contributed by atoms with Gasteiger partial charge in [0, 0.05) is 29.2 Å². The molecule has 0 bridgehead atoms. The van der Waals surface area contributed by atoms with Gasteiger partial charge in [0.1, 0.15) is 5.82 Å². The third-order valence-electron chi connectivity index (χ3n) is 2.78. The average Bonchev–Trinajstić information content (AvgIpc) is 2.76. The standard InChI is InChI=1S/C12H11BrN2.ClH/c13-10-4-1-3-9(7-10)11-8-15-6-2-5-12(15)14-11;/h1,3-4,7-8H,2,5-6H2;1H. The fourth-order valence-electron chi connectivity index (χ4n) is 2.04. The Bertz CT molecular complexity index is 486. The summed E-state index contributed by atoms with van der Waals surface area (Å²) < 4.78 is 3.36. The van der Waals surface area contributed by atoms with Gasteiger partial charge in [0.05, 0.1) is 5.69 Å². The van der Waals surface area contributed by atoms with Crippen molar-refractivity contribution in [1.29, 1.82) is 0 Å². The molecule has 4 heteroatoms. The van der Waals surface area contributed by atoms with Gasteiger partial charge in [0.25, 0.3) is 0 Å². The van der Waals surface area contributed by atoms with Gasteiger partial charge < -0.3 is 4.57 Å². The number of aryl methyl sites for hydroxylation is 2. The predicted molar refractivity (Wildman–Crippen MR) is 70.9 cm³/mol. The van der Waals surface area contributed by atoms with E-state index in [1.165, 1.54) is 17.8 Å². The molecule has 2 aromatic rings. The van der Waals surface area contributed by atoms with Crippen molar-refractivity contribution in [1.82, 2.24) is 9.55 Å². The number of imidazole rings is 1. The average molecular weight is 300 g/mol. The van der Waals surface area contributed by atoms with Crippen LogP contribution in [0.3, 0.4) is 0 Å². The summed E-state index contributed by atoms with van der Waals surface area (Å²) in [6.07, 6.45) is 4.51. The molecular formula is C12H12BrClN2. The maximum atomic E-state index is 4.64. The zero-order chi connectivity index (χ0) is 10.3. The normalized spacial score (nSPS) is 13.3. The SMILES string of the molecule is Brc1cccc(-c2cn3c(n2)CCC3)c1.Cl. The number of halogens is 2. The third kappa shape index (κ3) is 2.02. The zero-order valence-corrected chi connectivity index (χ0v) is 11.1. The van der Waals surface area contributed by atoms with Crippen molar-refractivity contribution < 1.29 is 0 Å². The van der Waals surface area contributed by atoms with Gasteiger partial charge in [-0.25, -0.2) is 4.98 Å². The molecule has 0 saturated carbocycles. The molecule has 0 atom stereocenters. The van der Waals surface area contributed by atoms with Gasteiger partial charge in [0.2, 0.25) is 0 Å². The van der Waals surface area contributed by atoms with Crippen molar-refractivity contribution in [3.8, 4) is 11.3 Å². The number of fused-ring (bicyclic) bond motifs is 1. The van der Waals surface area contributed by atoms with Crippen LogP contribution in [0.1, 0.15) is 12.2 Å². The Morgan fingerprint density at radius 2 is 2.19 bits per heavy atom. The third-order valence-corrected chi connectivity index (χ3v) is 3.27. The highest BCUT2D eigenvalue weighted by Crippen LogP contribution is 2.24. The van der Waals surface area contributed by atoms with Crippen LogP contribution >= 0.6 is 28.3 Å². The lowest BCUT2D eigenvalue weighted by atomic mass is 10.2. The number of hydrogen-bond acceptors (Lipinski definition) is 1. The Morgan fingerprint density at radius 3 is 2.94 bits per heavy atom. The molecule has 16 heavy (non-hydrogen) atoms. The lowest BCUT2D eigenvalue weighted by Crippen LogP contribution is -1.87. The highest BCUT2D eigenvalue weighted by Gasteiger charge is 2.14. The number of benzene rings is 1. The van der Waals surface area contributed by atoms with E-state index in [2.05, 4.69) is 43.8 Å². The van der Waals surface area contributed by atoms with Gasteiger partial charge in [-0.05, 0) is 18.6 Å². The summed E-state index contributed by atoms with van der Waals surface area (Å²) in [4.78, 5) is 4.64. The molecule has 2 heterocycles. The summed E-state index contributed by atoms with van der Waals surface area (Å²) in [7, 11) is 0. The van der Waals surface area contributed by atoms with E-state index in [0.29, 0.717) is 0 Å². The van der Waals surface area contributed by atoms with E-state index in [-0.39, 0.29) is 12.4 Å². The van der Waals surface area contributed by atoms with Crippen LogP contribution in [0, 0.1) is 0 Å². The van der Waals surface area contributed by atoms with E-state index < -0.39 is 0 Å². The Labute approximate surface area is 109 Å². The molecule has 1 aliphatic rings. The maximum absolute atomic E-state index is 4.64. The zero-order valence-electron chi connectivity index (χ0n) is 8.69. The monoisotopic (exact) mass is 298 g/mol. The van der Waals surface area contributed by atoms with E-state index in [9.17, 15) is 0 Å². The highest BCUT2D eigenvalue weighted by atomic mass is 79.9. The topological polar surface area (TPSA) is 17.8 Å². The van der Waals surface area contributed by atoms with Gasteiger partial charge in [0.15, 0.2) is 0 Å². The molecule has 2 nitrogen and oxygen atoms in total. The predicted octanol–water partition coefficient (Wildman–Crippen LogP) is 3.68. The maximum Gasteiger partial charge on any atom is 0.109 e. The molecule has 0 saturated heterocycles. The van der Waals surface area contributed by atoms with Crippen LogP contribution < -0.4 is 0 Å². The molecule has 0 amide bonds. The second-order valence-corrected chi connectivity index (χ2v) is 4.77. The number of nitrogens with zero attached hydrogens (tertiary/aromatic N) is 2. The summed E-state index contributed by atoms with van der Waals surface area (Å²) in [6.45, 7) is 1.12. The van der Waals surface area contributed by atoms with Crippen molar-refractivity contribution in [3.63, 3.8) is 0 Å². The summed E-state index contributed by atoms with van der Waals surface area (Å²) in [5.41, 5.74) is 2.28. The van der Waals surface area contributed by atoms with Gasteiger partial charge >= 0.3 is 0 Å². The first-order valence-corrected chi connectivity index (χ1v) is 5.94. The van der Waals surface area contributed by atoms with Crippen LogP contribution in [0.2, 0.25) is 0 Å². The minimum Gasteiger partial charge on any atom is -0.334 e. The fourth-order valence-corrected chi connectivity index (χ4v) is 2.44. The Morgan fingerprint density at radius 1 is 1.31 bits per heavy atom. The van der Waals surface area contributed by atoms with Crippen LogP contribution in [0.5, 0.6) is 0 Å². The molecule has 0 spiro atoms. The first-order chi connectivity index (χ1) is 7.33. The summed E-state index contributed by atoms with van der Waals surface area (Å²) in [5, 5.41) is 0. The minimum atomic E-state index is 0. The van der Waals surface area contributed by atoms with E-state index in [4.69, 9.17) is 0 Å². The van der Waals surface area contributed by atoms with Crippen LogP contribution in [-0.4, -0.2) is 9.55 Å². The molecule has 84 valence electrons.